The summed E-state index contributed by atoms with van der Waals surface area (Å²) in [5, 5.41) is 5.37. The van der Waals surface area contributed by atoms with E-state index >= 15 is 0 Å². The lowest BCUT2D eigenvalue weighted by atomic mass is 9.99. The van der Waals surface area contributed by atoms with Crippen LogP contribution in [0.4, 0.5) is 0 Å². The Morgan fingerprint density at radius 2 is 2.00 bits per heavy atom. The maximum absolute atomic E-state index is 12.7. The Bertz CT molecular complexity index is 959. The number of furan rings is 1. The first-order valence-corrected chi connectivity index (χ1v) is 9.20. The number of nitrogens with zero attached hydrogens (tertiary/aromatic N) is 1. The number of hydrogen-bond donors (Lipinski definition) is 1. The van der Waals surface area contributed by atoms with Gasteiger partial charge in [-0.05, 0) is 35.4 Å². The molecule has 5 heteroatoms. The predicted molar refractivity (Wildman–Crippen MR) is 103 cm³/mol. The molecule has 0 radical (unpaired) electrons. The molecule has 0 saturated carbocycles. The van der Waals surface area contributed by atoms with Gasteiger partial charge < -0.3 is 14.6 Å². The average Bonchev–Trinajstić information content (AvgIpc) is 3.31. The molecular weight excluding hydrogens is 340 g/mol. The minimum absolute atomic E-state index is 0.00985. The highest BCUT2D eigenvalue weighted by atomic mass is 16.3. The molecule has 1 saturated heterocycles. The Hall–Kier alpha value is -3.08. The van der Waals surface area contributed by atoms with Crippen LogP contribution in [0, 0.1) is 5.92 Å². The maximum atomic E-state index is 12.7. The molecule has 2 atom stereocenters. The van der Waals surface area contributed by atoms with Crippen molar-refractivity contribution in [3.8, 4) is 0 Å². The van der Waals surface area contributed by atoms with Crippen molar-refractivity contribution in [2.24, 2.45) is 5.92 Å². The largest absolute Gasteiger partial charge is 0.467 e. The highest BCUT2D eigenvalue weighted by molar-refractivity contribution is 5.90. The van der Waals surface area contributed by atoms with Crippen LogP contribution in [-0.4, -0.2) is 23.3 Å². The molecule has 2 unspecified atom stereocenters. The van der Waals surface area contributed by atoms with Crippen LogP contribution in [0.3, 0.4) is 0 Å². The zero-order valence-electron chi connectivity index (χ0n) is 15.2. The summed E-state index contributed by atoms with van der Waals surface area (Å²) in [6, 6.07) is 17.8. The molecule has 1 N–H and O–H groups in total. The molecule has 138 valence electrons. The molecule has 1 aliphatic heterocycles. The van der Waals surface area contributed by atoms with Crippen LogP contribution in [-0.2, 0) is 16.1 Å². The molecule has 1 aromatic heterocycles. The summed E-state index contributed by atoms with van der Waals surface area (Å²) in [6.45, 7) is 2.82. The van der Waals surface area contributed by atoms with Gasteiger partial charge in [0, 0.05) is 13.0 Å². The van der Waals surface area contributed by atoms with E-state index in [0.717, 1.165) is 22.1 Å². The third kappa shape index (κ3) is 3.58. The molecule has 27 heavy (non-hydrogen) atoms. The van der Waals surface area contributed by atoms with Crippen LogP contribution >= 0.6 is 0 Å². The summed E-state index contributed by atoms with van der Waals surface area (Å²) >= 11 is 0. The van der Waals surface area contributed by atoms with Gasteiger partial charge >= 0.3 is 0 Å². The van der Waals surface area contributed by atoms with E-state index in [0.29, 0.717) is 13.1 Å². The van der Waals surface area contributed by atoms with Crippen molar-refractivity contribution in [2.45, 2.75) is 25.9 Å². The van der Waals surface area contributed by atoms with Gasteiger partial charge in [-0.1, -0.05) is 42.5 Å². The fraction of sp³-hybridized carbons (Fsp3) is 0.273. The third-order valence-corrected chi connectivity index (χ3v) is 5.16. The Morgan fingerprint density at radius 1 is 1.19 bits per heavy atom. The van der Waals surface area contributed by atoms with Crippen LogP contribution < -0.4 is 5.32 Å². The van der Waals surface area contributed by atoms with E-state index in [9.17, 15) is 9.59 Å². The van der Waals surface area contributed by atoms with Crippen LogP contribution in [0.25, 0.3) is 10.8 Å². The summed E-state index contributed by atoms with van der Waals surface area (Å²) in [6.07, 6.45) is 1.83. The van der Waals surface area contributed by atoms with Gasteiger partial charge in [0.2, 0.25) is 11.8 Å². The number of nitrogens with one attached hydrogen (secondary N) is 1. The topological polar surface area (TPSA) is 62.6 Å². The molecule has 2 aromatic carbocycles. The lowest BCUT2D eigenvalue weighted by molar-refractivity contribution is -0.129. The first-order chi connectivity index (χ1) is 13.1. The first kappa shape index (κ1) is 17.3. The standard InChI is InChI=1S/C22H22N2O3/c1-15(19-10-4-7-16-6-2-3-9-20(16)19)23-22(26)17-12-21(25)24(13-17)14-18-8-5-11-27-18/h2-11,15,17H,12-14H2,1H3,(H,23,26). The van der Waals surface area contributed by atoms with Gasteiger partial charge in [-0.25, -0.2) is 0 Å². The molecule has 3 aromatic rings. The van der Waals surface area contributed by atoms with Gasteiger partial charge in [-0.15, -0.1) is 0 Å². The summed E-state index contributed by atoms with van der Waals surface area (Å²) in [5.74, 6) is 0.313. The number of amides is 2. The zero-order chi connectivity index (χ0) is 18.8. The monoisotopic (exact) mass is 362 g/mol. The van der Waals surface area contributed by atoms with Crippen LogP contribution in [0.15, 0.2) is 65.3 Å². The molecule has 2 amide bonds. The fourth-order valence-electron chi connectivity index (χ4n) is 3.73. The van der Waals surface area contributed by atoms with E-state index < -0.39 is 0 Å². The Kier molecular flexibility index (Phi) is 4.67. The SMILES string of the molecule is CC(NC(=O)C1CC(=O)N(Cc2ccco2)C1)c1cccc2ccccc12. The van der Waals surface area contributed by atoms with Gasteiger partial charge in [0.15, 0.2) is 0 Å². The van der Waals surface area contributed by atoms with Gasteiger partial charge in [0.1, 0.15) is 5.76 Å². The number of hydrogen-bond acceptors (Lipinski definition) is 3. The quantitative estimate of drug-likeness (QED) is 0.753. The number of benzene rings is 2. The van der Waals surface area contributed by atoms with Crippen LogP contribution in [0.1, 0.15) is 30.7 Å². The number of fused-ring (bicyclic) bond motifs is 1. The summed E-state index contributed by atoms with van der Waals surface area (Å²) in [7, 11) is 0. The molecule has 1 fully saturated rings. The Labute approximate surface area is 158 Å². The van der Waals surface area contributed by atoms with Gasteiger partial charge in [0.05, 0.1) is 24.8 Å². The highest BCUT2D eigenvalue weighted by Gasteiger charge is 2.35. The minimum Gasteiger partial charge on any atom is -0.467 e. The number of rotatable bonds is 5. The minimum atomic E-state index is -0.329. The molecule has 0 bridgehead atoms. The van der Waals surface area contributed by atoms with Crippen molar-refractivity contribution in [2.75, 3.05) is 6.54 Å². The van der Waals surface area contributed by atoms with Crippen molar-refractivity contribution in [1.29, 1.82) is 0 Å². The molecule has 4 rings (SSSR count). The second kappa shape index (κ2) is 7.27. The van der Waals surface area contributed by atoms with Crippen molar-refractivity contribution in [3.63, 3.8) is 0 Å². The normalized spacial score (nSPS) is 18.0. The molecule has 5 nitrogen and oxygen atoms in total. The second-order valence-corrected chi connectivity index (χ2v) is 7.05. The molecular formula is C22H22N2O3. The number of likely N-dealkylation sites (tertiary alicyclic amines) is 1. The van der Waals surface area contributed by atoms with Crippen LogP contribution in [0.2, 0.25) is 0 Å². The summed E-state index contributed by atoms with van der Waals surface area (Å²) in [4.78, 5) is 26.7. The average molecular weight is 362 g/mol. The van der Waals surface area contributed by atoms with E-state index in [1.807, 2.05) is 37.3 Å². The molecule has 0 aliphatic carbocycles. The van der Waals surface area contributed by atoms with Crippen molar-refractivity contribution in [3.05, 3.63) is 72.2 Å². The smallest absolute Gasteiger partial charge is 0.225 e. The highest BCUT2D eigenvalue weighted by Crippen LogP contribution is 2.26. The molecule has 2 heterocycles. The van der Waals surface area contributed by atoms with E-state index in [2.05, 4.69) is 23.5 Å². The first-order valence-electron chi connectivity index (χ1n) is 9.20. The van der Waals surface area contributed by atoms with Gasteiger partial charge in [-0.2, -0.15) is 0 Å². The number of carbonyl (C=O) groups excluding carboxylic acids is 2. The second-order valence-electron chi connectivity index (χ2n) is 7.05. The fourth-order valence-corrected chi connectivity index (χ4v) is 3.73. The van der Waals surface area contributed by atoms with E-state index in [1.54, 1.807) is 17.2 Å². The lowest BCUT2D eigenvalue weighted by Gasteiger charge is -2.19. The van der Waals surface area contributed by atoms with E-state index in [4.69, 9.17) is 4.42 Å². The zero-order valence-corrected chi connectivity index (χ0v) is 15.2. The molecule has 0 spiro atoms. The third-order valence-electron chi connectivity index (χ3n) is 5.16. The molecule has 1 aliphatic rings. The van der Waals surface area contributed by atoms with E-state index in [-0.39, 0.29) is 30.2 Å². The predicted octanol–water partition coefficient (Wildman–Crippen LogP) is 3.66. The maximum Gasteiger partial charge on any atom is 0.225 e. The van der Waals surface area contributed by atoms with Crippen LogP contribution in [0.5, 0.6) is 0 Å². The Balaban J connectivity index is 1.43. The summed E-state index contributed by atoms with van der Waals surface area (Å²) in [5.41, 5.74) is 1.08. The Morgan fingerprint density at radius 3 is 2.81 bits per heavy atom. The van der Waals surface area contributed by atoms with Gasteiger partial charge in [0.25, 0.3) is 0 Å². The van der Waals surface area contributed by atoms with Crippen molar-refractivity contribution in [1.82, 2.24) is 10.2 Å². The van der Waals surface area contributed by atoms with Crippen molar-refractivity contribution < 1.29 is 14.0 Å². The lowest BCUT2D eigenvalue weighted by Crippen LogP contribution is -2.34. The summed E-state index contributed by atoms with van der Waals surface area (Å²) < 4.78 is 5.31. The number of carbonyl (C=O) groups is 2. The van der Waals surface area contributed by atoms with Crippen molar-refractivity contribution >= 4 is 22.6 Å². The van der Waals surface area contributed by atoms with Gasteiger partial charge in [-0.3, -0.25) is 9.59 Å². The van der Waals surface area contributed by atoms with E-state index in [1.165, 1.54) is 0 Å².